The molecule has 10 heteroatoms. The van der Waals surface area contributed by atoms with E-state index >= 15 is 0 Å². The van der Waals surface area contributed by atoms with Crippen molar-refractivity contribution in [3.05, 3.63) is 65.5 Å². The van der Waals surface area contributed by atoms with E-state index in [1.165, 1.54) is 12.1 Å². The monoisotopic (exact) mass is 417 g/mol. The fourth-order valence-electron chi connectivity index (χ4n) is 3.40. The van der Waals surface area contributed by atoms with Crippen molar-refractivity contribution in [3.8, 4) is 5.75 Å². The predicted octanol–water partition coefficient (Wildman–Crippen LogP) is 2.94. The molecule has 0 aliphatic carbocycles. The molecule has 0 bridgehead atoms. The molecule has 0 saturated heterocycles. The molecule has 0 amide bonds. The van der Waals surface area contributed by atoms with Gasteiger partial charge in [0.05, 0.1) is 25.4 Å². The smallest absolute Gasteiger partial charge is 0.257 e. The molecule has 2 aromatic carbocycles. The van der Waals surface area contributed by atoms with E-state index in [0.29, 0.717) is 12.4 Å². The molecule has 152 valence electrons. The Kier molecular flexibility index (Phi) is 4.87. The van der Waals surface area contributed by atoms with E-state index in [0.717, 1.165) is 23.1 Å². The lowest BCUT2D eigenvalue weighted by Gasteiger charge is -2.31. The molecule has 0 radical (unpaired) electrons. The van der Waals surface area contributed by atoms with Crippen LogP contribution in [0.1, 0.15) is 29.6 Å². The number of anilines is 2. The highest BCUT2D eigenvalue weighted by atomic mass is 32.2. The van der Waals surface area contributed by atoms with Crippen molar-refractivity contribution in [2.75, 3.05) is 23.4 Å². The number of sulfonamides is 1. The summed E-state index contributed by atoms with van der Waals surface area (Å²) in [6, 6.07) is 13.5. The van der Waals surface area contributed by atoms with E-state index in [9.17, 15) is 12.8 Å². The first-order valence-corrected chi connectivity index (χ1v) is 10.8. The highest BCUT2D eigenvalue weighted by Crippen LogP contribution is 2.38. The summed E-state index contributed by atoms with van der Waals surface area (Å²) in [7, 11) is -1.91. The largest absolute Gasteiger partial charge is 0.497 e. The third kappa shape index (κ3) is 4.16. The Balaban J connectivity index is 1.73. The maximum absolute atomic E-state index is 13.4. The Morgan fingerprint density at radius 2 is 1.79 bits per heavy atom. The van der Waals surface area contributed by atoms with Crippen LogP contribution in [-0.2, 0) is 10.0 Å². The lowest BCUT2D eigenvalue weighted by atomic mass is 9.93. The van der Waals surface area contributed by atoms with Crippen molar-refractivity contribution in [2.45, 2.75) is 18.5 Å². The molecule has 1 aliphatic heterocycles. The van der Waals surface area contributed by atoms with E-state index in [4.69, 9.17) is 4.74 Å². The molecule has 0 fully saturated rings. The number of benzene rings is 2. The van der Waals surface area contributed by atoms with Crippen molar-refractivity contribution >= 4 is 21.9 Å². The number of fused-ring (bicyclic) bond motifs is 1. The SMILES string of the molecule is COc1ccc([C@H]2C[C@H](c3ccc(F)cc3)n3nc(NS(C)(=O)=O)nc3N2)cc1. The molecule has 4 rings (SSSR count). The summed E-state index contributed by atoms with van der Waals surface area (Å²) in [6.07, 6.45) is 1.66. The molecule has 29 heavy (non-hydrogen) atoms. The standard InChI is InChI=1S/C19H20FN5O3S/c1-28-15-9-5-12(6-10-15)16-11-17(13-3-7-14(20)8-4-13)25-19(21-16)22-18(23-25)24-29(2,26)27/h3-10,16-17H,11H2,1-2H3,(H2,21,22,23,24)/t16-,17-/m1/s1. The van der Waals surface area contributed by atoms with Gasteiger partial charge in [-0.15, -0.1) is 5.10 Å². The Labute approximate surface area is 167 Å². The molecule has 2 atom stereocenters. The van der Waals surface area contributed by atoms with E-state index < -0.39 is 10.0 Å². The third-order valence-corrected chi connectivity index (χ3v) is 5.29. The molecule has 0 unspecified atom stereocenters. The van der Waals surface area contributed by atoms with Crippen molar-refractivity contribution < 1.29 is 17.5 Å². The maximum atomic E-state index is 13.4. The molecule has 8 nitrogen and oxygen atoms in total. The summed E-state index contributed by atoms with van der Waals surface area (Å²) in [4.78, 5) is 4.29. The van der Waals surface area contributed by atoms with Gasteiger partial charge < -0.3 is 10.1 Å². The number of ether oxygens (including phenoxy) is 1. The van der Waals surface area contributed by atoms with Gasteiger partial charge in [-0.05, 0) is 41.8 Å². The summed E-state index contributed by atoms with van der Waals surface area (Å²) in [5, 5.41) is 7.62. The van der Waals surface area contributed by atoms with Crippen molar-refractivity contribution in [2.24, 2.45) is 0 Å². The number of nitrogens with zero attached hydrogens (tertiary/aromatic N) is 3. The lowest BCUT2D eigenvalue weighted by Crippen LogP contribution is -2.28. The summed E-state index contributed by atoms with van der Waals surface area (Å²) in [6.45, 7) is 0. The fourth-order valence-corrected chi connectivity index (χ4v) is 3.82. The zero-order valence-corrected chi connectivity index (χ0v) is 16.6. The van der Waals surface area contributed by atoms with Gasteiger partial charge in [0.1, 0.15) is 11.6 Å². The van der Waals surface area contributed by atoms with Crippen LogP contribution in [0, 0.1) is 5.82 Å². The Morgan fingerprint density at radius 1 is 1.14 bits per heavy atom. The van der Waals surface area contributed by atoms with Gasteiger partial charge in [0.15, 0.2) is 0 Å². The molecule has 2 heterocycles. The number of rotatable bonds is 5. The Morgan fingerprint density at radius 3 is 2.41 bits per heavy atom. The van der Waals surface area contributed by atoms with Crippen LogP contribution >= 0.6 is 0 Å². The van der Waals surface area contributed by atoms with Crippen LogP contribution in [-0.4, -0.2) is 36.5 Å². The van der Waals surface area contributed by atoms with Crippen LogP contribution in [0.3, 0.4) is 0 Å². The first kappa shape index (κ1) is 19.2. The Hall–Kier alpha value is -3.14. The van der Waals surface area contributed by atoms with E-state index in [-0.39, 0.29) is 23.8 Å². The summed E-state index contributed by atoms with van der Waals surface area (Å²) >= 11 is 0. The highest BCUT2D eigenvalue weighted by molar-refractivity contribution is 7.91. The van der Waals surface area contributed by atoms with Gasteiger partial charge in [-0.25, -0.2) is 17.5 Å². The minimum Gasteiger partial charge on any atom is -0.497 e. The molecule has 1 aromatic heterocycles. The second-order valence-corrected chi connectivity index (χ2v) is 8.60. The van der Waals surface area contributed by atoms with Crippen molar-refractivity contribution in [1.82, 2.24) is 14.8 Å². The van der Waals surface area contributed by atoms with E-state index in [2.05, 4.69) is 20.1 Å². The molecule has 2 N–H and O–H groups in total. The summed E-state index contributed by atoms with van der Waals surface area (Å²) in [5.41, 5.74) is 1.87. The zero-order valence-electron chi connectivity index (χ0n) is 15.8. The van der Waals surface area contributed by atoms with Gasteiger partial charge in [-0.3, -0.25) is 4.72 Å². The minimum absolute atomic E-state index is 0.0162. The van der Waals surface area contributed by atoms with E-state index in [1.807, 2.05) is 24.3 Å². The molecular weight excluding hydrogens is 397 g/mol. The number of hydrogen-bond donors (Lipinski definition) is 2. The molecular formula is C19H20FN5O3S. The van der Waals surface area contributed by atoms with Crippen LogP contribution in [0.25, 0.3) is 0 Å². The van der Waals surface area contributed by atoms with Gasteiger partial charge in [0.25, 0.3) is 5.95 Å². The average molecular weight is 417 g/mol. The quantitative estimate of drug-likeness (QED) is 0.662. The first-order valence-electron chi connectivity index (χ1n) is 8.92. The topological polar surface area (TPSA) is 98.1 Å². The van der Waals surface area contributed by atoms with Crippen LogP contribution in [0.4, 0.5) is 16.3 Å². The first-order chi connectivity index (χ1) is 13.8. The van der Waals surface area contributed by atoms with Gasteiger partial charge in [0.2, 0.25) is 16.0 Å². The second-order valence-electron chi connectivity index (χ2n) is 6.85. The van der Waals surface area contributed by atoms with Crippen molar-refractivity contribution in [1.29, 1.82) is 0 Å². The Bertz CT molecular complexity index is 1110. The van der Waals surface area contributed by atoms with Crippen LogP contribution < -0.4 is 14.8 Å². The highest BCUT2D eigenvalue weighted by Gasteiger charge is 2.31. The molecule has 0 spiro atoms. The maximum Gasteiger partial charge on any atom is 0.257 e. The van der Waals surface area contributed by atoms with Gasteiger partial charge >= 0.3 is 0 Å². The van der Waals surface area contributed by atoms with Crippen LogP contribution in [0.2, 0.25) is 0 Å². The predicted molar refractivity (Wildman–Crippen MR) is 107 cm³/mol. The number of aromatic nitrogens is 3. The average Bonchev–Trinajstić information content (AvgIpc) is 3.08. The number of hydrogen-bond acceptors (Lipinski definition) is 6. The molecule has 0 saturated carbocycles. The fraction of sp³-hybridized carbons (Fsp3) is 0.263. The second kappa shape index (κ2) is 7.36. The van der Waals surface area contributed by atoms with Crippen molar-refractivity contribution in [3.63, 3.8) is 0 Å². The molecule has 3 aromatic rings. The normalized spacial score (nSPS) is 18.6. The number of nitrogens with one attached hydrogen (secondary N) is 2. The molecule has 1 aliphatic rings. The minimum atomic E-state index is -3.52. The third-order valence-electron chi connectivity index (χ3n) is 4.74. The number of halogens is 1. The van der Waals surface area contributed by atoms with Gasteiger partial charge in [-0.1, -0.05) is 24.3 Å². The van der Waals surface area contributed by atoms with E-state index in [1.54, 1.807) is 23.9 Å². The van der Waals surface area contributed by atoms with Gasteiger partial charge in [-0.2, -0.15) is 4.98 Å². The summed E-state index contributed by atoms with van der Waals surface area (Å²) < 4.78 is 45.7. The van der Waals surface area contributed by atoms with Crippen LogP contribution in [0.5, 0.6) is 5.75 Å². The summed E-state index contributed by atoms with van der Waals surface area (Å²) in [5.74, 6) is 0.838. The number of methoxy groups -OCH3 is 1. The lowest BCUT2D eigenvalue weighted by molar-refractivity contribution is 0.413. The van der Waals surface area contributed by atoms with Crippen LogP contribution in [0.15, 0.2) is 48.5 Å². The zero-order chi connectivity index (χ0) is 20.6. The van der Waals surface area contributed by atoms with Gasteiger partial charge in [0, 0.05) is 0 Å².